The molecule has 5 nitrogen and oxygen atoms in total. The lowest BCUT2D eigenvalue weighted by Gasteiger charge is -2.40. The van der Waals surface area contributed by atoms with Crippen LogP contribution in [0.2, 0.25) is 0 Å². The van der Waals surface area contributed by atoms with E-state index in [0.717, 1.165) is 19.3 Å². The quantitative estimate of drug-likeness (QED) is 0.701. The number of nitrogens with one attached hydrogen (secondary N) is 2. The number of carbonyl (C=O) groups excluding carboxylic acids is 1. The molecule has 20 heavy (non-hydrogen) atoms. The molecule has 0 heterocycles. The topological polar surface area (TPSA) is 78.4 Å². The zero-order valence-electron chi connectivity index (χ0n) is 13.1. The first-order valence-corrected chi connectivity index (χ1v) is 7.38. The van der Waals surface area contributed by atoms with E-state index in [1.54, 1.807) is 0 Å². The van der Waals surface area contributed by atoms with Gasteiger partial charge in [-0.05, 0) is 29.6 Å². The Bertz CT molecular complexity index is 357. The van der Waals surface area contributed by atoms with E-state index >= 15 is 0 Å². The Morgan fingerprint density at radius 1 is 1.25 bits per heavy atom. The Morgan fingerprint density at radius 2 is 1.85 bits per heavy atom. The highest BCUT2D eigenvalue weighted by molar-refractivity contribution is 5.74. The van der Waals surface area contributed by atoms with Gasteiger partial charge in [0.2, 0.25) is 0 Å². The molecule has 5 heteroatoms. The highest BCUT2D eigenvalue weighted by Gasteiger charge is 2.39. The summed E-state index contributed by atoms with van der Waals surface area (Å²) in [5.41, 5.74) is -0.0649. The fraction of sp³-hybridized carbons (Fsp3) is 0.867. The molecule has 1 aliphatic rings. The van der Waals surface area contributed by atoms with Crippen molar-refractivity contribution in [1.29, 1.82) is 0 Å². The second kappa shape index (κ2) is 6.46. The minimum Gasteiger partial charge on any atom is -0.481 e. The monoisotopic (exact) mass is 284 g/mol. The third-order valence-electron chi connectivity index (χ3n) is 4.61. The third kappa shape index (κ3) is 5.02. The van der Waals surface area contributed by atoms with Crippen LogP contribution in [0.5, 0.6) is 0 Å². The molecular formula is C15H28N2O3. The first kappa shape index (κ1) is 16.8. The Labute approximate surface area is 121 Å². The van der Waals surface area contributed by atoms with Crippen LogP contribution in [-0.2, 0) is 4.79 Å². The predicted molar refractivity (Wildman–Crippen MR) is 78.6 cm³/mol. The zero-order valence-corrected chi connectivity index (χ0v) is 13.1. The summed E-state index contributed by atoms with van der Waals surface area (Å²) in [5.74, 6) is -0.404. The molecule has 1 saturated carbocycles. The van der Waals surface area contributed by atoms with Crippen molar-refractivity contribution in [2.75, 3.05) is 13.1 Å². The molecule has 1 fully saturated rings. The van der Waals surface area contributed by atoms with Crippen molar-refractivity contribution in [2.45, 2.75) is 53.4 Å². The predicted octanol–water partition coefficient (Wildman–Crippen LogP) is 2.61. The highest BCUT2D eigenvalue weighted by atomic mass is 16.4. The van der Waals surface area contributed by atoms with Gasteiger partial charge >= 0.3 is 12.0 Å². The summed E-state index contributed by atoms with van der Waals surface area (Å²) >= 11 is 0. The second-order valence-electron chi connectivity index (χ2n) is 7.25. The summed E-state index contributed by atoms with van der Waals surface area (Å²) in [6.07, 6.45) is 2.97. The van der Waals surface area contributed by atoms with Crippen LogP contribution in [0.25, 0.3) is 0 Å². The maximum absolute atomic E-state index is 11.8. The highest BCUT2D eigenvalue weighted by Crippen LogP contribution is 2.43. The lowest BCUT2D eigenvalue weighted by Crippen LogP contribution is -2.47. The maximum atomic E-state index is 11.8. The molecule has 3 N–H and O–H groups in total. The molecule has 0 saturated heterocycles. The normalized spacial score (nSPS) is 18.8. The molecule has 2 amide bonds. The molecule has 0 spiro atoms. The van der Waals surface area contributed by atoms with Crippen LogP contribution in [0.4, 0.5) is 4.79 Å². The van der Waals surface area contributed by atoms with Crippen molar-refractivity contribution < 1.29 is 14.7 Å². The molecule has 1 aliphatic carbocycles. The van der Waals surface area contributed by atoms with Crippen LogP contribution < -0.4 is 10.6 Å². The molecular weight excluding hydrogens is 256 g/mol. The number of carbonyl (C=O) groups is 2. The van der Waals surface area contributed by atoms with E-state index < -0.39 is 5.97 Å². The minimum atomic E-state index is -0.784. The van der Waals surface area contributed by atoms with Gasteiger partial charge in [0.05, 0.1) is 6.42 Å². The van der Waals surface area contributed by atoms with Crippen LogP contribution in [0, 0.1) is 16.7 Å². The first-order valence-electron chi connectivity index (χ1n) is 7.38. The van der Waals surface area contributed by atoms with E-state index in [2.05, 4.69) is 38.3 Å². The van der Waals surface area contributed by atoms with Gasteiger partial charge in [-0.1, -0.05) is 34.1 Å². The summed E-state index contributed by atoms with van der Waals surface area (Å²) in [6, 6.07) is -0.197. The average molecular weight is 284 g/mol. The van der Waals surface area contributed by atoms with Crippen LogP contribution in [0.3, 0.4) is 0 Å². The van der Waals surface area contributed by atoms with Crippen molar-refractivity contribution >= 4 is 12.0 Å². The third-order valence-corrected chi connectivity index (χ3v) is 4.61. The lowest BCUT2D eigenvalue weighted by atomic mass is 9.66. The van der Waals surface area contributed by atoms with E-state index in [9.17, 15) is 9.59 Å². The number of amides is 2. The molecule has 0 aromatic rings. The molecule has 116 valence electrons. The average Bonchev–Trinajstić information content (AvgIpc) is 2.27. The number of urea groups is 1. The van der Waals surface area contributed by atoms with Gasteiger partial charge in [0, 0.05) is 13.1 Å². The van der Waals surface area contributed by atoms with Gasteiger partial charge in [0.15, 0.2) is 0 Å². The summed E-state index contributed by atoms with van der Waals surface area (Å²) < 4.78 is 0. The molecule has 1 rings (SSSR count). The fourth-order valence-electron chi connectivity index (χ4n) is 2.30. The van der Waals surface area contributed by atoms with Gasteiger partial charge in [-0.3, -0.25) is 4.79 Å². The van der Waals surface area contributed by atoms with Crippen LogP contribution in [0.15, 0.2) is 0 Å². The largest absolute Gasteiger partial charge is 0.481 e. The van der Waals surface area contributed by atoms with Crippen molar-refractivity contribution in [3.05, 3.63) is 0 Å². The number of carboxylic acids is 1. The molecule has 1 unspecified atom stereocenters. The van der Waals surface area contributed by atoms with E-state index in [4.69, 9.17) is 5.11 Å². The van der Waals surface area contributed by atoms with Crippen LogP contribution in [-0.4, -0.2) is 30.2 Å². The van der Waals surface area contributed by atoms with Crippen molar-refractivity contribution in [3.63, 3.8) is 0 Å². The van der Waals surface area contributed by atoms with Gasteiger partial charge in [0.25, 0.3) is 0 Å². The number of hydrogen-bond acceptors (Lipinski definition) is 2. The Kier molecular flexibility index (Phi) is 5.42. The SMILES string of the molecule is CC(CNC(=O)NCC1(CC(=O)O)CCC1)C(C)(C)C. The lowest BCUT2D eigenvalue weighted by molar-refractivity contribution is -0.141. The van der Waals surface area contributed by atoms with E-state index in [0.29, 0.717) is 19.0 Å². The number of aliphatic carboxylic acids is 1. The van der Waals surface area contributed by atoms with Gasteiger partial charge in [-0.25, -0.2) is 4.79 Å². The van der Waals surface area contributed by atoms with Crippen molar-refractivity contribution in [2.24, 2.45) is 16.7 Å². The van der Waals surface area contributed by atoms with Crippen LogP contribution >= 0.6 is 0 Å². The molecule has 0 bridgehead atoms. The standard InChI is InChI=1S/C15H28N2O3/c1-11(14(2,3)4)9-16-13(20)17-10-15(6-5-7-15)8-12(18)19/h11H,5-10H2,1-4H3,(H,18,19)(H2,16,17,20). The molecule has 0 aromatic heterocycles. The maximum Gasteiger partial charge on any atom is 0.314 e. The molecule has 0 aromatic carbocycles. The molecule has 0 radical (unpaired) electrons. The van der Waals surface area contributed by atoms with Gasteiger partial charge in [0.1, 0.15) is 0 Å². The van der Waals surface area contributed by atoms with Crippen molar-refractivity contribution in [1.82, 2.24) is 10.6 Å². The second-order valence-corrected chi connectivity index (χ2v) is 7.25. The molecule has 1 atom stereocenters. The summed E-state index contributed by atoms with van der Waals surface area (Å²) in [7, 11) is 0. The smallest absolute Gasteiger partial charge is 0.314 e. The van der Waals surface area contributed by atoms with E-state index in [1.165, 1.54) is 0 Å². The number of rotatable bonds is 6. The first-order chi connectivity index (χ1) is 9.15. The summed E-state index contributed by atoms with van der Waals surface area (Å²) in [5, 5.41) is 14.6. The van der Waals surface area contributed by atoms with Gasteiger partial charge in [-0.2, -0.15) is 0 Å². The van der Waals surface area contributed by atoms with Gasteiger partial charge < -0.3 is 15.7 Å². The Balaban J connectivity index is 2.31. The number of hydrogen-bond donors (Lipinski definition) is 3. The Hall–Kier alpha value is -1.26. The minimum absolute atomic E-state index is 0.145. The van der Waals surface area contributed by atoms with Crippen molar-refractivity contribution in [3.8, 4) is 0 Å². The van der Waals surface area contributed by atoms with E-state index in [-0.39, 0.29) is 23.3 Å². The summed E-state index contributed by atoms with van der Waals surface area (Å²) in [4.78, 5) is 22.6. The fourth-order valence-corrected chi connectivity index (χ4v) is 2.30. The molecule has 0 aliphatic heterocycles. The Morgan fingerprint density at radius 3 is 2.25 bits per heavy atom. The zero-order chi connectivity index (χ0) is 15.4. The van der Waals surface area contributed by atoms with Crippen LogP contribution in [0.1, 0.15) is 53.4 Å². The number of carboxylic acid groups (broad SMARTS) is 1. The van der Waals surface area contributed by atoms with Gasteiger partial charge in [-0.15, -0.1) is 0 Å². The summed E-state index contributed by atoms with van der Waals surface area (Å²) in [6.45, 7) is 9.63. The van der Waals surface area contributed by atoms with E-state index in [1.807, 2.05) is 0 Å².